The number of aromatic nitrogens is 2. The highest BCUT2D eigenvalue weighted by Gasteiger charge is 2.20. The molecule has 2 aromatic heterocycles. The van der Waals surface area contributed by atoms with Crippen LogP contribution in [0.1, 0.15) is 48.7 Å². The number of hydrogen-bond donors (Lipinski definition) is 0. The Hall–Kier alpha value is -3.70. The first-order valence-electron chi connectivity index (χ1n) is 12.5. The number of benzene rings is 2. The third-order valence-corrected chi connectivity index (χ3v) is 6.13. The van der Waals surface area contributed by atoms with Crippen LogP contribution in [0.3, 0.4) is 0 Å². The Morgan fingerprint density at radius 1 is 0.750 bits per heavy atom. The zero-order valence-electron chi connectivity index (χ0n) is 21.4. The first-order chi connectivity index (χ1) is 17.6. The smallest absolute Gasteiger partial charge is 0.122 e. The van der Waals surface area contributed by atoms with Crippen molar-refractivity contribution in [3.05, 3.63) is 120 Å². The van der Waals surface area contributed by atoms with E-state index < -0.39 is 0 Å². The van der Waals surface area contributed by atoms with Crippen molar-refractivity contribution in [1.82, 2.24) is 14.9 Å². The van der Waals surface area contributed by atoms with Gasteiger partial charge >= 0.3 is 0 Å². The third-order valence-electron chi connectivity index (χ3n) is 6.13. The first-order valence-corrected chi connectivity index (χ1v) is 12.5. The van der Waals surface area contributed by atoms with Crippen LogP contribution in [0.2, 0.25) is 0 Å². The Morgan fingerprint density at radius 3 is 1.92 bits per heavy atom. The predicted molar refractivity (Wildman–Crippen MR) is 144 cm³/mol. The fourth-order valence-electron chi connectivity index (χ4n) is 4.47. The molecule has 0 aliphatic heterocycles. The molecule has 1 atom stereocenters. The summed E-state index contributed by atoms with van der Waals surface area (Å²) in [6, 6.07) is 29.0. The quantitative estimate of drug-likeness (QED) is 0.231. The molecular weight excluding hydrogens is 446 g/mol. The van der Waals surface area contributed by atoms with Crippen molar-refractivity contribution in [3.63, 3.8) is 0 Å². The van der Waals surface area contributed by atoms with Gasteiger partial charge < -0.3 is 9.47 Å². The minimum absolute atomic E-state index is 0.146. The second kappa shape index (κ2) is 12.8. The maximum Gasteiger partial charge on any atom is 0.122 e. The number of ether oxygens (including phenoxy) is 2. The second-order valence-corrected chi connectivity index (χ2v) is 9.17. The summed E-state index contributed by atoms with van der Waals surface area (Å²) in [5, 5.41) is 0. The van der Waals surface area contributed by atoms with Gasteiger partial charge in [-0.3, -0.25) is 14.9 Å². The minimum Gasteiger partial charge on any atom is -0.496 e. The summed E-state index contributed by atoms with van der Waals surface area (Å²) in [5.74, 6) is 1.97. The van der Waals surface area contributed by atoms with Gasteiger partial charge in [-0.2, -0.15) is 0 Å². The highest BCUT2D eigenvalue weighted by Crippen LogP contribution is 2.35. The van der Waals surface area contributed by atoms with Gasteiger partial charge in [0.25, 0.3) is 0 Å². The van der Waals surface area contributed by atoms with Crippen molar-refractivity contribution < 1.29 is 9.47 Å². The molecule has 5 heteroatoms. The van der Waals surface area contributed by atoms with E-state index in [9.17, 15) is 0 Å². The summed E-state index contributed by atoms with van der Waals surface area (Å²) in [6.07, 6.45) is 4.77. The molecule has 0 radical (unpaired) electrons. The third kappa shape index (κ3) is 7.15. The molecule has 0 amide bonds. The van der Waals surface area contributed by atoms with Crippen molar-refractivity contribution in [2.75, 3.05) is 13.7 Å². The molecule has 0 saturated carbocycles. The van der Waals surface area contributed by atoms with Crippen molar-refractivity contribution in [3.8, 4) is 11.5 Å². The van der Waals surface area contributed by atoms with E-state index in [0.717, 1.165) is 48.9 Å². The van der Waals surface area contributed by atoms with Crippen LogP contribution in [-0.4, -0.2) is 34.6 Å². The average molecular weight is 482 g/mol. The zero-order valence-corrected chi connectivity index (χ0v) is 21.4. The molecule has 0 fully saturated rings. The molecule has 2 heterocycles. The van der Waals surface area contributed by atoms with Crippen LogP contribution in [0.25, 0.3) is 0 Å². The molecule has 186 valence electrons. The van der Waals surface area contributed by atoms with E-state index in [0.29, 0.717) is 0 Å². The number of methoxy groups -OCH3 is 1. The van der Waals surface area contributed by atoms with Gasteiger partial charge in [0, 0.05) is 37.0 Å². The molecule has 5 nitrogen and oxygen atoms in total. The van der Waals surface area contributed by atoms with E-state index in [4.69, 9.17) is 9.47 Å². The van der Waals surface area contributed by atoms with Crippen LogP contribution in [0.5, 0.6) is 11.5 Å². The van der Waals surface area contributed by atoms with Crippen molar-refractivity contribution in [2.24, 2.45) is 0 Å². The van der Waals surface area contributed by atoms with Crippen molar-refractivity contribution in [2.45, 2.75) is 45.4 Å². The van der Waals surface area contributed by atoms with E-state index >= 15 is 0 Å². The van der Waals surface area contributed by atoms with Gasteiger partial charge in [-0.15, -0.1) is 0 Å². The van der Waals surface area contributed by atoms with E-state index in [1.54, 1.807) is 7.11 Å². The maximum absolute atomic E-state index is 5.88. The molecule has 4 rings (SSSR count). The van der Waals surface area contributed by atoms with Crippen LogP contribution >= 0.6 is 0 Å². The van der Waals surface area contributed by atoms with Crippen LogP contribution in [-0.2, 0) is 13.1 Å². The summed E-state index contributed by atoms with van der Waals surface area (Å²) in [4.78, 5) is 11.6. The lowest BCUT2D eigenvalue weighted by Gasteiger charge is -2.26. The van der Waals surface area contributed by atoms with Gasteiger partial charge in [0.1, 0.15) is 11.5 Å². The van der Waals surface area contributed by atoms with Gasteiger partial charge in [-0.1, -0.05) is 42.5 Å². The van der Waals surface area contributed by atoms with Gasteiger partial charge in [0.2, 0.25) is 0 Å². The fraction of sp³-hybridized carbons (Fsp3) is 0.290. The molecule has 36 heavy (non-hydrogen) atoms. The molecule has 2 aromatic carbocycles. The summed E-state index contributed by atoms with van der Waals surface area (Å²) >= 11 is 0. The lowest BCUT2D eigenvalue weighted by molar-refractivity contribution is 0.241. The summed E-state index contributed by atoms with van der Waals surface area (Å²) in [7, 11) is 1.74. The van der Waals surface area contributed by atoms with Gasteiger partial charge in [-0.05, 0) is 74.8 Å². The Kier molecular flexibility index (Phi) is 9.06. The van der Waals surface area contributed by atoms with Gasteiger partial charge in [0.05, 0.1) is 24.6 Å². The predicted octanol–water partition coefficient (Wildman–Crippen LogP) is 6.50. The van der Waals surface area contributed by atoms with Crippen LogP contribution < -0.4 is 9.47 Å². The summed E-state index contributed by atoms with van der Waals surface area (Å²) < 4.78 is 11.6. The molecule has 4 aromatic rings. The van der Waals surface area contributed by atoms with E-state index in [1.165, 1.54) is 11.1 Å². The molecule has 0 bridgehead atoms. The lowest BCUT2D eigenvalue weighted by atomic mass is 9.87. The molecule has 0 aliphatic carbocycles. The Labute approximate surface area is 214 Å². The van der Waals surface area contributed by atoms with E-state index in [2.05, 4.69) is 63.4 Å². The van der Waals surface area contributed by atoms with Crippen molar-refractivity contribution in [1.29, 1.82) is 0 Å². The number of pyridine rings is 2. The van der Waals surface area contributed by atoms with Crippen molar-refractivity contribution >= 4 is 0 Å². The normalized spacial score (nSPS) is 12.0. The molecule has 0 unspecified atom stereocenters. The number of nitrogens with zero attached hydrogens (tertiary/aromatic N) is 3. The number of rotatable bonds is 12. The lowest BCUT2D eigenvalue weighted by Crippen LogP contribution is -2.26. The first kappa shape index (κ1) is 25.4. The monoisotopic (exact) mass is 481 g/mol. The zero-order chi connectivity index (χ0) is 25.2. The molecular formula is C31H35N3O2. The Bertz CT molecular complexity index is 1140. The molecule has 0 spiro atoms. The number of hydrogen-bond acceptors (Lipinski definition) is 5. The Balaban J connectivity index is 1.60. The minimum atomic E-state index is 0.146. The molecule has 0 aliphatic rings. The topological polar surface area (TPSA) is 47.5 Å². The average Bonchev–Trinajstić information content (AvgIpc) is 2.90. The summed E-state index contributed by atoms with van der Waals surface area (Å²) in [6.45, 7) is 6.49. The van der Waals surface area contributed by atoms with Crippen LogP contribution in [0, 0.1) is 0 Å². The molecule has 0 N–H and O–H groups in total. The van der Waals surface area contributed by atoms with Gasteiger partial charge in [-0.25, -0.2) is 0 Å². The number of para-hydroxylation sites is 1. The fourth-order valence-corrected chi connectivity index (χ4v) is 4.47. The second-order valence-electron chi connectivity index (χ2n) is 9.17. The largest absolute Gasteiger partial charge is 0.496 e. The Morgan fingerprint density at radius 2 is 1.36 bits per heavy atom. The maximum atomic E-state index is 5.88. The van der Waals surface area contributed by atoms with E-state index in [1.807, 2.05) is 62.6 Å². The molecule has 0 saturated heterocycles. The standard InChI is InChI=1S/C31H35N3O2/c1-24(2)36-28-16-14-25(15-17-28)29(30-12-4-5-13-31(30)35-3)18-21-34(22-26-10-6-8-19-32-26)23-27-11-7-9-20-33-27/h4-17,19-20,24,29H,18,21-23H2,1-3H3/t29-/m0/s1. The SMILES string of the molecule is COc1ccccc1[C@@H](CCN(Cc1ccccn1)Cc1ccccn1)c1ccc(OC(C)C)cc1. The van der Waals surface area contributed by atoms with Crippen LogP contribution in [0.4, 0.5) is 0 Å². The van der Waals surface area contributed by atoms with E-state index in [-0.39, 0.29) is 12.0 Å². The highest BCUT2D eigenvalue weighted by molar-refractivity contribution is 5.43. The van der Waals surface area contributed by atoms with Crippen LogP contribution in [0.15, 0.2) is 97.3 Å². The van der Waals surface area contributed by atoms with Gasteiger partial charge in [0.15, 0.2) is 0 Å². The summed E-state index contributed by atoms with van der Waals surface area (Å²) in [5.41, 5.74) is 4.54. The highest BCUT2D eigenvalue weighted by atomic mass is 16.5.